The van der Waals surface area contributed by atoms with Crippen molar-refractivity contribution in [2.45, 2.75) is 49.6 Å². The van der Waals surface area contributed by atoms with Crippen molar-refractivity contribution in [2.75, 3.05) is 13.1 Å². The van der Waals surface area contributed by atoms with Gasteiger partial charge in [-0.3, -0.25) is 4.68 Å². The molecular formula is C13H24N4O2S. The van der Waals surface area contributed by atoms with Crippen molar-refractivity contribution in [1.82, 2.24) is 19.8 Å². The standard InChI is InChI=1S/C13H24N4O2S/c1-17-13(8-9-15-17)20(18,19)16-11-10-14-12-6-4-2-3-5-7-12/h8-9,12,14,16H,2-7,10-11H2,1H3. The maximum Gasteiger partial charge on any atom is 0.257 e. The molecule has 1 aromatic heterocycles. The molecule has 2 rings (SSSR count). The largest absolute Gasteiger partial charge is 0.313 e. The number of hydrogen-bond acceptors (Lipinski definition) is 4. The van der Waals surface area contributed by atoms with Crippen molar-refractivity contribution in [3.05, 3.63) is 12.3 Å². The maximum absolute atomic E-state index is 12.0. The highest BCUT2D eigenvalue weighted by Crippen LogP contribution is 2.16. The molecule has 0 aliphatic heterocycles. The average Bonchev–Trinajstić information content (AvgIpc) is 2.70. The van der Waals surface area contributed by atoms with E-state index in [2.05, 4.69) is 15.1 Å². The third-order valence-electron chi connectivity index (χ3n) is 3.76. The number of sulfonamides is 1. The first-order valence-corrected chi connectivity index (χ1v) is 8.79. The van der Waals surface area contributed by atoms with Crippen LogP contribution in [-0.2, 0) is 17.1 Å². The van der Waals surface area contributed by atoms with Crippen LogP contribution in [0.2, 0.25) is 0 Å². The van der Waals surface area contributed by atoms with Crippen LogP contribution in [0.4, 0.5) is 0 Å². The minimum Gasteiger partial charge on any atom is -0.313 e. The van der Waals surface area contributed by atoms with E-state index in [9.17, 15) is 8.42 Å². The van der Waals surface area contributed by atoms with Crippen molar-refractivity contribution < 1.29 is 8.42 Å². The van der Waals surface area contributed by atoms with Crippen LogP contribution in [0.15, 0.2) is 17.3 Å². The van der Waals surface area contributed by atoms with Gasteiger partial charge in [0.15, 0.2) is 5.03 Å². The monoisotopic (exact) mass is 300 g/mol. The van der Waals surface area contributed by atoms with Crippen LogP contribution >= 0.6 is 0 Å². The second kappa shape index (κ2) is 7.19. The lowest BCUT2D eigenvalue weighted by Gasteiger charge is -2.16. The Morgan fingerprint density at radius 2 is 1.95 bits per heavy atom. The van der Waals surface area contributed by atoms with Crippen LogP contribution in [0, 0.1) is 0 Å². The zero-order valence-corrected chi connectivity index (χ0v) is 12.8. The Balaban J connectivity index is 1.74. The molecule has 1 aromatic rings. The maximum atomic E-state index is 12.0. The minimum atomic E-state index is -3.45. The quantitative estimate of drug-likeness (QED) is 0.607. The molecular weight excluding hydrogens is 276 g/mol. The van der Waals surface area contributed by atoms with Crippen LogP contribution in [0.25, 0.3) is 0 Å². The Bertz CT molecular complexity index is 504. The second-order valence-electron chi connectivity index (χ2n) is 5.33. The van der Waals surface area contributed by atoms with Crippen LogP contribution in [0.5, 0.6) is 0 Å². The SMILES string of the molecule is Cn1nccc1S(=O)(=O)NCCNC1CCCCCC1. The second-order valence-corrected chi connectivity index (χ2v) is 7.05. The molecule has 0 bridgehead atoms. The van der Waals surface area contributed by atoms with Gasteiger partial charge in [0.2, 0.25) is 0 Å². The predicted molar refractivity (Wildman–Crippen MR) is 77.9 cm³/mol. The van der Waals surface area contributed by atoms with Gasteiger partial charge < -0.3 is 5.32 Å². The molecule has 0 atom stereocenters. The first kappa shape index (κ1) is 15.5. The van der Waals surface area contributed by atoms with E-state index >= 15 is 0 Å². The van der Waals surface area contributed by atoms with E-state index in [1.165, 1.54) is 55.5 Å². The molecule has 1 aliphatic rings. The van der Waals surface area contributed by atoms with Crippen molar-refractivity contribution in [2.24, 2.45) is 7.05 Å². The highest BCUT2D eigenvalue weighted by molar-refractivity contribution is 7.89. The molecule has 0 aromatic carbocycles. The zero-order valence-electron chi connectivity index (χ0n) is 12.0. The summed E-state index contributed by atoms with van der Waals surface area (Å²) in [5, 5.41) is 7.52. The molecule has 1 saturated carbocycles. The van der Waals surface area contributed by atoms with Gasteiger partial charge in [-0.1, -0.05) is 25.7 Å². The number of aryl methyl sites for hydroxylation is 1. The topological polar surface area (TPSA) is 76.0 Å². The predicted octanol–water partition coefficient (Wildman–Crippen LogP) is 1.01. The Kier molecular flexibility index (Phi) is 5.56. The summed E-state index contributed by atoms with van der Waals surface area (Å²) in [6.07, 6.45) is 9.09. The van der Waals surface area contributed by atoms with Gasteiger partial charge in [-0.05, 0) is 18.9 Å². The molecule has 20 heavy (non-hydrogen) atoms. The molecule has 2 N–H and O–H groups in total. The highest BCUT2D eigenvalue weighted by atomic mass is 32.2. The smallest absolute Gasteiger partial charge is 0.257 e. The fourth-order valence-corrected chi connectivity index (χ4v) is 3.80. The van der Waals surface area contributed by atoms with Crippen molar-refractivity contribution >= 4 is 10.0 Å². The molecule has 7 heteroatoms. The Labute approximate surface area is 121 Å². The van der Waals surface area contributed by atoms with Crippen LogP contribution in [-0.4, -0.2) is 37.3 Å². The lowest BCUT2D eigenvalue weighted by Crippen LogP contribution is -2.37. The van der Waals surface area contributed by atoms with E-state index in [-0.39, 0.29) is 5.03 Å². The summed E-state index contributed by atoms with van der Waals surface area (Å²) in [5.74, 6) is 0. The van der Waals surface area contributed by atoms with Gasteiger partial charge in [0.05, 0.1) is 6.20 Å². The van der Waals surface area contributed by atoms with Gasteiger partial charge in [-0.15, -0.1) is 0 Å². The summed E-state index contributed by atoms with van der Waals surface area (Å²) in [6.45, 7) is 1.08. The molecule has 0 spiro atoms. The summed E-state index contributed by atoms with van der Waals surface area (Å²) in [7, 11) is -1.82. The first-order valence-electron chi connectivity index (χ1n) is 7.30. The van der Waals surface area contributed by atoms with E-state index < -0.39 is 10.0 Å². The summed E-state index contributed by atoms with van der Waals surface area (Å²) >= 11 is 0. The van der Waals surface area contributed by atoms with E-state index in [1.807, 2.05) is 0 Å². The summed E-state index contributed by atoms with van der Waals surface area (Å²) in [4.78, 5) is 0. The molecule has 1 heterocycles. The Morgan fingerprint density at radius 1 is 1.25 bits per heavy atom. The minimum absolute atomic E-state index is 0.201. The van der Waals surface area contributed by atoms with Crippen molar-refractivity contribution in [3.8, 4) is 0 Å². The number of aromatic nitrogens is 2. The Morgan fingerprint density at radius 3 is 2.55 bits per heavy atom. The van der Waals surface area contributed by atoms with Gasteiger partial charge in [-0.2, -0.15) is 5.10 Å². The Hall–Kier alpha value is -0.920. The molecule has 1 aliphatic carbocycles. The van der Waals surface area contributed by atoms with E-state index in [0.29, 0.717) is 19.1 Å². The fraction of sp³-hybridized carbons (Fsp3) is 0.769. The summed E-state index contributed by atoms with van der Waals surface area (Å²) < 4.78 is 28.0. The number of rotatable bonds is 6. The van der Waals surface area contributed by atoms with Gasteiger partial charge in [0.25, 0.3) is 10.0 Å². The van der Waals surface area contributed by atoms with E-state index in [0.717, 1.165) is 0 Å². The zero-order chi connectivity index (χ0) is 14.4. The molecule has 6 nitrogen and oxygen atoms in total. The molecule has 114 valence electrons. The van der Waals surface area contributed by atoms with Gasteiger partial charge in [0, 0.05) is 26.2 Å². The van der Waals surface area contributed by atoms with Crippen LogP contribution in [0.3, 0.4) is 0 Å². The van der Waals surface area contributed by atoms with E-state index in [1.54, 1.807) is 7.05 Å². The van der Waals surface area contributed by atoms with Crippen molar-refractivity contribution in [1.29, 1.82) is 0 Å². The molecule has 0 radical (unpaired) electrons. The summed E-state index contributed by atoms with van der Waals surface area (Å²) in [5.41, 5.74) is 0. The van der Waals surface area contributed by atoms with Gasteiger partial charge in [-0.25, -0.2) is 13.1 Å². The van der Waals surface area contributed by atoms with Crippen molar-refractivity contribution in [3.63, 3.8) is 0 Å². The van der Waals surface area contributed by atoms with Gasteiger partial charge in [0.1, 0.15) is 0 Å². The lowest BCUT2D eigenvalue weighted by atomic mass is 10.1. The average molecular weight is 300 g/mol. The number of hydrogen-bond donors (Lipinski definition) is 2. The third-order valence-corrected chi connectivity index (χ3v) is 5.29. The first-order chi connectivity index (χ1) is 9.59. The fourth-order valence-electron chi connectivity index (χ4n) is 2.64. The highest BCUT2D eigenvalue weighted by Gasteiger charge is 2.17. The lowest BCUT2D eigenvalue weighted by molar-refractivity contribution is 0.461. The number of nitrogens with zero attached hydrogens (tertiary/aromatic N) is 2. The number of nitrogens with one attached hydrogen (secondary N) is 2. The molecule has 0 unspecified atom stereocenters. The van der Waals surface area contributed by atoms with E-state index in [4.69, 9.17) is 0 Å². The molecule has 0 saturated heterocycles. The summed E-state index contributed by atoms with van der Waals surface area (Å²) in [6, 6.07) is 2.04. The third kappa shape index (κ3) is 4.29. The molecule has 0 amide bonds. The molecule has 1 fully saturated rings. The van der Waals surface area contributed by atoms with Gasteiger partial charge >= 0.3 is 0 Å². The normalized spacial score (nSPS) is 18.1. The van der Waals surface area contributed by atoms with Crippen LogP contribution in [0.1, 0.15) is 38.5 Å². The van der Waals surface area contributed by atoms with Crippen LogP contribution < -0.4 is 10.0 Å².